The van der Waals surface area contributed by atoms with E-state index in [9.17, 15) is 19.8 Å². The lowest BCUT2D eigenvalue weighted by Gasteiger charge is -1.99. The fraction of sp³-hybridized carbons (Fsp3) is 0.312. The molecule has 42 heavy (non-hydrogen) atoms. The molecule has 0 aliphatic rings. The van der Waals surface area contributed by atoms with E-state index in [-0.39, 0.29) is 12.8 Å². The molecule has 0 saturated heterocycles. The molecule has 10 heteroatoms. The quantitative estimate of drug-likeness (QED) is 0.156. The summed E-state index contributed by atoms with van der Waals surface area (Å²) in [5.74, 6) is -1.75. The molecule has 0 atom stereocenters. The number of aliphatic hydroxyl groups excluding tert-OH is 1. The second-order valence-corrected chi connectivity index (χ2v) is 12.8. The minimum absolute atomic E-state index is 0.0452. The standard InChI is InChI=1S/C24H18O4S5.C3H8.2C2H6.CH4O/c1-3-29-13(2)19-9-14(11-21(25)26)23(32-19)17-6-7-18(31-17)24-15(12-22(27)28)10-20(33-24)16-5-4-8-30-16;1-3-2;3*1-2/h3-10H,1-2,11-12H2,(H,25,26)(H,27,28);3H2,1-2H3;2*1-2H3;2H,1H3. The molecule has 0 unspecified atom stereocenters. The van der Waals surface area contributed by atoms with Gasteiger partial charge in [-0.25, -0.2) is 0 Å². The van der Waals surface area contributed by atoms with Crippen LogP contribution in [-0.2, 0) is 22.4 Å². The minimum atomic E-state index is -0.887. The SMILES string of the molecule is C=CSC(=C)c1cc(CC(=O)O)c(-c2ccc(-c3sc(-c4cccs4)cc3CC(=O)O)s2)s1.CC.CC.CCC.CO. The van der Waals surface area contributed by atoms with Gasteiger partial charge in [-0.3, -0.25) is 9.59 Å². The van der Waals surface area contributed by atoms with E-state index < -0.39 is 11.9 Å². The van der Waals surface area contributed by atoms with Gasteiger partial charge in [0.1, 0.15) is 0 Å². The average Bonchev–Trinajstić information content (AvgIpc) is 3.78. The van der Waals surface area contributed by atoms with Gasteiger partial charge >= 0.3 is 11.9 Å². The lowest BCUT2D eigenvalue weighted by Crippen LogP contribution is -1.99. The summed E-state index contributed by atoms with van der Waals surface area (Å²) in [5, 5.41) is 29.5. The molecule has 0 saturated carbocycles. The van der Waals surface area contributed by atoms with Crippen LogP contribution < -0.4 is 0 Å². The van der Waals surface area contributed by atoms with Crippen LogP contribution in [0, 0.1) is 0 Å². The summed E-state index contributed by atoms with van der Waals surface area (Å²) in [5.41, 5.74) is 1.54. The second kappa shape index (κ2) is 22.1. The summed E-state index contributed by atoms with van der Waals surface area (Å²) in [6.07, 6.45) is 1.13. The van der Waals surface area contributed by atoms with Crippen LogP contribution in [-0.4, -0.2) is 34.4 Å². The van der Waals surface area contributed by atoms with Gasteiger partial charge in [-0.05, 0) is 52.2 Å². The molecule has 0 fully saturated rings. The Labute approximate surface area is 270 Å². The van der Waals surface area contributed by atoms with Crippen molar-refractivity contribution in [3.63, 3.8) is 0 Å². The van der Waals surface area contributed by atoms with E-state index in [0.717, 1.165) is 57.3 Å². The van der Waals surface area contributed by atoms with Gasteiger partial charge in [0.2, 0.25) is 0 Å². The van der Waals surface area contributed by atoms with E-state index in [4.69, 9.17) is 5.11 Å². The Morgan fingerprint density at radius 1 is 0.810 bits per heavy atom. The van der Waals surface area contributed by atoms with Crippen LogP contribution in [0.25, 0.3) is 34.2 Å². The number of carbonyl (C=O) groups is 2. The molecule has 0 aromatic carbocycles. The summed E-state index contributed by atoms with van der Waals surface area (Å²) in [6, 6.07) is 11.9. The van der Waals surface area contributed by atoms with Gasteiger partial charge in [-0.15, -0.1) is 45.3 Å². The van der Waals surface area contributed by atoms with Crippen molar-refractivity contribution in [1.82, 2.24) is 0 Å². The van der Waals surface area contributed by atoms with Crippen LogP contribution in [0.3, 0.4) is 0 Å². The van der Waals surface area contributed by atoms with E-state index >= 15 is 0 Å². The van der Waals surface area contributed by atoms with E-state index in [1.807, 2.05) is 69.5 Å². The molecule has 4 rings (SSSR count). The van der Waals surface area contributed by atoms with E-state index in [2.05, 4.69) is 27.0 Å². The third kappa shape index (κ3) is 12.0. The fourth-order valence-electron chi connectivity index (χ4n) is 3.28. The van der Waals surface area contributed by atoms with Crippen molar-refractivity contribution in [3.05, 3.63) is 76.3 Å². The van der Waals surface area contributed by atoms with Crippen molar-refractivity contribution < 1.29 is 24.9 Å². The van der Waals surface area contributed by atoms with Crippen LogP contribution in [0.4, 0.5) is 0 Å². The highest BCUT2D eigenvalue weighted by Crippen LogP contribution is 2.47. The highest BCUT2D eigenvalue weighted by atomic mass is 32.2. The van der Waals surface area contributed by atoms with Gasteiger partial charge < -0.3 is 15.3 Å². The van der Waals surface area contributed by atoms with Crippen LogP contribution in [0.15, 0.2) is 60.3 Å². The minimum Gasteiger partial charge on any atom is -0.481 e. The molecular formula is C32H42O5S5. The number of hydrogen-bond acceptors (Lipinski definition) is 8. The lowest BCUT2D eigenvalue weighted by molar-refractivity contribution is -0.137. The molecule has 0 bridgehead atoms. The Morgan fingerprint density at radius 2 is 1.31 bits per heavy atom. The van der Waals surface area contributed by atoms with Crippen LogP contribution in [0.1, 0.15) is 64.0 Å². The highest BCUT2D eigenvalue weighted by Gasteiger charge is 2.20. The first-order valence-electron chi connectivity index (χ1n) is 13.5. The zero-order valence-electron chi connectivity index (χ0n) is 25.4. The third-order valence-corrected chi connectivity index (χ3v) is 10.3. The predicted octanol–water partition coefficient (Wildman–Crippen LogP) is 11.1. The third-order valence-electron chi connectivity index (χ3n) is 4.62. The summed E-state index contributed by atoms with van der Waals surface area (Å²) < 4.78 is 0. The summed E-state index contributed by atoms with van der Waals surface area (Å²) >= 11 is 7.70. The first kappa shape index (κ1) is 39.5. The molecule has 4 aromatic heterocycles. The zero-order chi connectivity index (χ0) is 32.2. The number of carboxylic acid groups (broad SMARTS) is 2. The number of hydrogen-bond donors (Lipinski definition) is 3. The molecule has 0 aliphatic heterocycles. The molecular weight excluding hydrogens is 625 g/mol. The van der Waals surface area contributed by atoms with E-state index in [1.54, 1.807) is 39.4 Å². The Hall–Kier alpha value is -2.47. The second-order valence-electron chi connectivity index (χ2n) is 7.63. The largest absolute Gasteiger partial charge is 0.481 e. The maximum Gasteiger partial charge on any atom is 0.307 e. The maximum atomic E-state index is 11.5. The Morgan fingerprint density at radius 3 is 1.76 bits per heavy atom. The number of carboxylic acids is 2. The van der Waals surface area contributed by atoms with Crippen molar-refractivity contribution >= 4 is 74.0 Å². The van der Waals surface area contributed by atoms with Gasteiger partial charge in [0.05, 0.1) is 12.8 Å². The van der Waals surface area contributed by atoms with Crippen molar-refractivity contribution in [2.45, 2.75) is 60.8 Å². The van der Waals surface area contributed by atoms with Crippen LogP contribution in [0.5, 0.6) is 0 Å². The molecule has 4 aromatic rings. The van der Waals surface area contributed by atoms with Gasteiger partial charge in [0, 0.05) is 46.2 Å². The lowest BCUT2D eigenvalue weighted by atomic mass is 10.1. The molecule has 0 amide bonds. The topological polar surface area (TPSA) is 94.8 Å². The van der Waals surface area contributed by atoms with Crippen molar-refractivity contribution in [2.75, 3.05) is 7.11 Å². The molecule has 0 spiro atoms. The summed E-state index contributed by atoms with van der Waals surface area (Å²) in [6.45, 7) is 20.0. The van der Waals surface area contributed by atoms with Gasteiger partial charge in [0.15, 0.2) is 0 Å². The number of aliphatic carboxylic acids is 2. The van der Waals surface area contributed by atoms with Gasteiger partial charge in [-0.1, -0.05) is 78.9 Å². The summed E-state index contributed by atoms with van der Waals surface area (Å²) in [7, 11) is 1.00. The number of aliphatic hydroxyl groups is 1. The highest BCUT2D eigenvalue weighted by molar-refractivity contribution is 8.11. The number of rotatable bonds is 10. The predicted molar refractivity (Wildman–Crippen MR) is 191 cm³/mol. The smallest absolute Gasteiger partial charge is 0.307 e. The average molecular weight is 667 g/mol. The molecule has 0 radical (unpaired) electrons. The van der Waals surface area contributed by atoms with Gasteiger partial charge in [0.25, 0.3) is 0 Å². The molecule has 5 nitrogen and oxygen atoms in total. The van der Waals surface area contributed by atoms with Crippen molar-refractivity contribution in [1.29, 1.82) is 0 Å². The first-order chi connectivity index (χ1) is 20.3. The van der Waals surface area contributed by atoms with Crippen molar-refractivity contribution in [2.24, 2.45) is 0 Å². The molecule has 3 N–H and O–H groups in total. The molecule has 0 aliphatic carbocycles. The normalized spacial score (nSPS) is 9.43. The Balaban J connectivity index is 0.00000169. The number of thioether (sulfide) groups is 1. The number of thiophene rings is 4. The van der Waals surface area contributed by atoms with E-state index in [1.165, 1.54) is 29.5 Å². The summed E-state index contributed by atoms with van der Waals surface area (Å²) in [4.78, 5) is 30.6. The van der Waals surface area contributed by atoms with Crippen LogP contribution in [0.2, 0.25) is 0 Å². The Bertz CT molecular complexity index is 1360. The van der Waals surface area contributed by atoms with Gasteiger partial charge in [-0.2, -0.15) is 0 Å². The monoisotopic (exact) mass is 666 g/mol. The maximum absolute atomic E-state index is 11.5. The Kier molecular flexibility index (Phi) is 20.8. The van der Waals surface area contributed by atoms with Crippen molar-refractivity contribution in [3.8, 4) is 29.3 Å². The first-order valence-corrected chi connectivity index (χ1v) is 17.7. The van der Waals surface area contributed by atoms with Crippen LogP contribution >= 0.6 is 57.1 Å². The van der Waals surface area contributed by atoms with E-state index in [0.29, 0.717) is 0 Å². The molecule has 230 valence electrons. The molecule has 4 heterocycles. The fourth-order valence-corrected chi connectivity index (χ4v) is 8.28. The zero-order valence-corrected chi connectivity index (χ0v) is 29.4.